The van der Waals surface area contributed by atoms with Gasteiger partial charge in [0.1, 0.15) is 0 Å². The van der Waals surface area contributed by atoms with Crippen LogP contribution in [0.1, 0.15) is 15.9 Å². The van der Waals surface area contributed by atoms with Gasteiger partial charge in [-0.25, -0.2) is 9.78 Å². The standard InChI is InChI=1S/C15H14F3N3O4S/c1-19-13(22)8-6-26-12-9(15(16,17)18)2-10(20-11(8)12)25-5-7-3-21(4-7)14(23)24/h2,6-7H,3-5H2,1H3,(H,19,22)(H,23,24). The number of hydrogen-bond acceptors (Lipinski definition) is 5. The first-order valence-electron chi connectivity index (χ1n) is 7.53. The van der Waals surface area contributed by atoms with Crippen molar-refractivity contribution in [1.29, 1.82) is 0 Å². The maximum absolute atomic E-state index is 13.4. The first kappa shape index (κ1) is 18.2. The molecule has 1 aliphatic rings. The summed E-state index contributed by atoms with van der Waals surface area (Å²) in [5.41, 5.74) is -0.942. The highest BCUT2D eigenvalue weighted by Gasteiger charge is 2.36. The monoisotopic (exact) mass is 389 g/mol. The molecule has 0 aliphatic carbocycles. The molecular formula is C15H14F3N3O4S. The summed E-state index contributed by atoms with van der Waals surface area (Å²) in [6, 6.07) is 0.806. The van der Waals surface area contributed by atoms with E-state index in [4.69, 9.17) is 9.84 Å². The van der Waals surface area contributed by atoms with Crippen LogP contribution >= 0.6 is 11.3 Å². The Morgan fingerprint density at radius 2 is 2.15 bits per heavy atom. The van der Waals surface area contributed by atoms with Crippen molar-refractivity contribution in [3.63, 3.8) is 0 Å². The number of nitrogens with one attached hydrogen (secondary N) is 1. The highest BCUT2D eigenvalue weighted by Crippen LogP contribution is 2.40. The van der Waals surface area contributed by atoms with Crippen LogP contribution in [-0.2, 0) is 6.18 Å². The number of fused-ring (bicyclic) bond motifs is 1. The second-order valence-electron chi connectivity index (χ2n) is 5.78. The number of nitrogens with zero attached hydrogens (tertiary/aromatic N) is 2. The van der Waals surface area contributed by atoms with E-state index in [9.17, 15) is 22.8 Å². The van der Waals surface area contributed by atoms with Crippen molar-refractivity contribution >= 4 is 33.6 Å². The molecule has 0 radical (unpaired) electrons. The molecule has 2 aromatic rings. The lowest BCUT2D eigenvalue weighted by molar-refractivity contribution is -0.136. The lowest BCUT2D eigenvalue weighted by Gasteiger charge is -2.36. The Morgan fingerprint density at radius 1 is 1.46 bits per heavy atom. The van der Waals surface area contributed by atoms with E-state index in [-0.39, 0.29) is 47.3 Å². The molecule has 140 valence electrons. The number of halogens is 3. The predicted molar refractivity (Wildman–Crippen MR) is 86.6 cm³/mol. The molecule has 0 atom stereocenters. The molecule has 2 N–H and O–H groups in total. The number of hydrogen-bond donors (Lipinski definition) is 2. The van der Waals surface area contributed by atoms with Crippen LogP contribution in [0.3, 0.4) is 0 Å². The van der Waals surface area contributed by atoms with E-state index < -0.39 is 23.7 Å². The zero-order valence-corrected chi connectivity index (χ0v) is 14.3. The van der Waals surface area contributed by atoms with Gasteiger partial charge in [0.15, 0.2) is 0 Å². The molecule has 11 heteroatoms. The summed E-state index contributed by atoms with van der Waals surface area (Å²) >= 11 is 0.793. The van der Waals surface area contributed by atoms with E-state index in [0.29, 0.717) is 0 Å². The van der Waals surface area contributed by atoms with Crippen LogP contribution in [0.25, 0.3) is 10.2 Å². The van der Waals surface area contributed by atoms with Gasteiger partial charge in [-0.05, 0) is 0 Å². The van der Waals surface area contributed by atoms with Crippen molar-refractivity contribution in [3.05, 3.63) is 22.6 Å². The molecule has 0 aromatic carbocycles. The maximum Gasteiger partial charge on any atom is 0.418 e. The van der Waals surface area contributed by atoms with Crippen molar-refractivity contribution in [3.8, 4) is 5.88 Å². The highest BCUT2D eigenvalue weighted by atomic mass is 32.1. The Balaban J connectivity index is 1.88. The van der Waals surface area contributed by atoms with Crippen LogP contribution in [0, 0.1) is 5.92 Å². The van der Waals surface area contributed by atoms with Crippen LogP contribution in [0.4, 0.5) is 18.0 Å². The lowest BCUT2D eigenvalue weighted by atomic mass is 10.0. The number of carboxylic acid groups (broad SMARTS) is 1. The normalized spacial score (nSPS) is 15.0. The fourth-order valence-corrected chi connectivity index (χ4v) is 3.62. The number of carbonyl (C=O) groups excluding carboxylic acids is 1. The molecule has 2 aromatic heterocycles. The smallest absolute Gasteiger partial charge is 0.418 e. The second-order valence-corrected chi connectivity index (χ2v) is 6.66. The molecular weight excluding hydrogens is 375 g/mol. The number of pyridine rings is 1. The number of amides is 2. The third-order valence-electron chi connectivity index (χ3n) is 3.97. The van der Waals surface area contributed by atoms with Crippen LogP contribution in [-0.4, -0.2) is 53.7 Å². The average Bonchev–Trinajstić information content (AvgIpc) is 2.94. The predicted octanol–water partition coefficient (Wildman–Crippen LogP) is 2.66. The zero-order valence-electron chi connectivity index (χ0n) is 13.5. The Labute approximate surface area is 149 Å². The molecule has 0 bridgehead atoms. The lowest BCUT2D eigenvalue weighted by Crippen LogP contribution is -2.51. The molecule has 3 heterocycles. The van der Waals surface area contributed by atoms with Gasteiger partial charge in [-0.15, -0.1) is 11.3 Å². The summed E-state index contributed by atoms with van der Waals surface area (Å²) in [5, 5.41) is 12.5. The average molecular weight is 389 g/mol. The number of carbonyl (C=O) groups is 2. The number of alkyl halides is 3. The van der Waals surface area contributed by atoms with Crippen molar-refractivity contribution in [2.24, 2.45) is 5.92 Å². The molecule has 3 rings (SSSR count). The minimum atomic E-state index is -4.62. The van der Waals surface area contributed by atoms with Crippen molar-refractivity contribution < 1.29 is 32.6 Å². The van der Waals surface area contributed by atoms with E-state index in [1.54, 1.807) is 0 Å². The topological polar surface area (TPSA) is 91.8 Å². The Bertz CT molecular complexity index is 862. The van der Waals surface area contributed by atoms with Crippen molar-refractivity contribution in [1.82, 2.24) is 15.2 Å². The van der Waals surface area contributed by atoms with E-state index in [1.165, 1.54) is 17.3 Å². The van der Waals surface area contributed by atoms with Crippen LogP contribution < -0.4 is 10.1 Å². The van der Waals surface area contributed by atoms with Gasteiger partial charge in [0.05, 0.1) is 28.0 Å². The number of rotatable bonds is 4. The first-order chi connectivity index (χ1) is 12.2. The summed E-state index contributed by atoms with van der Waals surface area (Å²) in [5.74, 6) is -0.897. The molecule has 1 aliphatic heterocycles. The first-order valence-corrected chi connectivity index (χ1v) is 8.41. The van der Waals surface area contributed by atoms with Crippen LogP contribution in [0.2, 0.25) is 0 Å². The Morgan fingerprint density at radius 3 is 2.73 bits per heavy atom. The zero-order chi connectivity index (χ0) is 19.1. The fourth-order valence-electron chi connectivity index (χ4n) is 2.60. The molecule has 0 saturated carbocycles. The summed E-state index contributed by atoms with van der Waals surface area (Å²) in [6.45, 7) is 0.552. The van der Waals surface area contributed by atoms with Gasteiger partial charge < -0.3 is 20.1 Å². The third kappa shape index (κ3) is 3.39. The van der Waals surface area contributed by atoms with Gasteiger partial charge in [0, 0.05) is 37.5 Å². The summed E-state index contributed by atoms with van der Waals surface area (Å²) in [7, 11) is 1.38. The fraction of sp³-hybridized carbons (Fsp3) is 0.400. The van der Waals surface area contributed by atoms with E-state index in [1.807, 2.05) is 0 Å². The third-order valence-corrected chi connectivity index (χ3v) is 4.97. The largest absolute Gasteiger partial charge is 0.477 e. The Hall–Kier alpha value is -2.56. The van der Waals surface area contributed by atoms with E-state index in [0.717, 1.165) is 17.4 Å². The quantitative estimate of drug-likeness (QED) is 0.839. The molecule has 2 amide bonds. The van der Waals surface area contributed by atoms with Gasteiger partial charge in [0.25, 0.3) is 5.91 Å². The van der Waals surface area contributed by atoms with E-state index >= 15 is 0 Å². The molecule has 26 heavy (non-hydrogen) atoms. The minimum Gasteiger partial charge on any atom is -0.477 e. The molecule has 0 spiro atoms. The molecule has 7 nitrogen and oxygen atoms in total. The van der Waals surface area contributed by atoms with E-state index in [2.05, 4.69) is 10.3 Å². The summed E-state index contributed by atoms with van der Waals surface area (Å²) in [6.07, 6.45) is -5.67. The summed E-state index contributed by atoms with van der Waals surface area (Å²) in [4.78, 5) is 27.8. The molecule has 1 saturated heterocycles. The van der Waals surface area contributed by atoms with Crippen LogP contribution in [0.15, 0.2) is 11.4 Å². The van der Waals surface area contributed by atoms with Crippen molar-refractivity contribution in [2.75, 3.05) is 26.7 Å². The number of likely N-dealkylation sites (tertiary alicyclic amines) is 1. The van der Waals surface area contributed by atoms with Gasteiger partial charge >= 0.3 is 12.3 Å². The maximum atomic E-state index is 13.4. The van der Waals surface area contributed by atoms with Gasteiger partial charge in [-0.2, -0.15) is 13.2 Å². The molecule has 0 unspecified atom stereocenters. The SMILES string of the molecule is CNC(=O)c1csc2c(C(F)(F)F)cc(OCC3CN(C(=O)O)C3)nc12. The summed E-state index contributed by atoms with van der Waals surface area (Å²) < 4.78 is 45.3. The minimum absolute atomic E-state index is 0.0407. The second kappa shape index (κ2) is 6.63. The van der Waals surface area contributed by atoms with Crippen molar-refractivity contribution in [2.45, 2.75) is 6.18 Å². The molecule has 1 fully saturated rings. The van der Waals surface area contributed by atoms with Gasteiger partial charge in [0.2, 0.25) is 5.88 Å². The number of ether oxygens (including phenoxy) is 1. The van der Waals surface area contributed by atoms with Gasteiger partial charge in [-0.3, -0.25) is 4.79 Å². The highest BCUT2D eigenvalue weighted by molar-refractivity contribution is 7.17. The number of thiophene rings is 1. The van der Waals surface area contributed by atoms with Gasteiger partial charge in [-0.1, -0.05) is 0 Å². The Kier molecular flexibility index (Phi) is 4.65. The van der Waals surface area contributed by atoms with Crippen LogP contribution in [0.5, 0.6) is 5.88 Å². The number of aromatic nitrogens is 1.